The minimum absolute atomic E-state index is 0.153. The van der Waals surface area contributed by atoms with Crippen LogP contribution in [0, 0.1) is 0 Å². The van der Waals surface area contributed by atoms with Gasteiger partial charge in [-0.05, 0) is 49.9 Å². The third-order valence-corrected chi connectivity index (χ3v) is 3.24. The molecular weight excluding hydrogens is 234 g/mol. The lowest BCUT2D eigenvalue weighted by Gasteiger charge is -2.21. The fourth-order valence-corrected chi connectivity index (χ4v) is 2.31. The standard InChI is InChI=1S/C14H18ClNO/c15-13-8-4-5-11(9-10-16)14(13)17-12-6-2-1-3-7-12/h2,4-6,8,12H,1,3,7,9-10,16H2. The smallest absolute Gasteiger partial charge is 0.142 e. The summed E-state index contributed by atoms with van der Waals surface area (Å²) >= 11 is 6.19. The van der Waals surface area contributed by atoms with Crippen LogP contribution in [-0.4, -0.2) is 12.6 Å². The average molecular weight is 252 g/mol. The van der Waals surface area contributed by atoms with Crippen LogP contribution in [0.15, 0.2) is 30.4 Å². The van der Waals surface area contributed by atoms with E-state index in [0.717, 1.165) is 30.6 Å². The van der Waals surface area contributed by atoms with Crippen molar-refractivity contribution in [3.63, 3.8) is 0 Å². The van der Waals surface area contributed by atoms with Gasteiger partial charge < -0.3 is 10.5 Å². The summed E-state index contributed by atoms with van der Waals surface area (Å²) in [5, 5.41) is 0.676. The minimum atomic E-state index is 0.153. The van der Waals surface area contributed by atoms with E-state index >= 15 is 0 Å². The first kappa shape index (κ1) is 12.5. The second-order valence-corrected chi connectivity index (χ2v) is 4.69. The highest BCUT2D eigenvalue weighted by Gasteiger charge is 2.14. The van der Waals surface area contributed by atoms with E-state index in [2.05, 4.69) is 12.2 Å². The van der Waals surface area contributed by atoms with Gasteiger partial charge in [-0.15, -0.1) is 0 Å². The van der Waals surface area contributed by atoms with Gasteiger partial charge in [0.1, 0.15) is 11.9 Å². The van der Waals surface area contributed by atoms with Crippen molar-refractivity contribution in [3.8, 4) is 5.75 Å². The highest BCUT2D eigenvalue weighted by molar-refractivity contribution is 6.32. The molecule has 0 spiro atoms. The third kappa shape index (κ3) is 3.24. The van der Waals surface area contributed by atoms with Gasteiger partial charge in [0.15, 0.2) is 0 Å². The lowest BCUT2D eigenvalue weighted by Crippen LogP contribution is -2.17. The molecule has 0 saturated carbocycles. The molecule has 0 aliphatic heterocycles. The number of para-hydroxylation sites is 1. The lowest BCUT2D eigenvalue weighted by molar-refractivity contribution is 0.228. The highest BCUT2D eigenvalue weighted by atomic mass is 35.5. The summed E-state index contributed by atoms with van der Waals surface area (Å²) in [5.41, 5.74) is 6.70. The number of hydrogen-bond donors (Lipinski definition) is 1. The normalized spacial score (nSPS) is 19.3. The maximum Gasteiger partial charge on any atom is 0.142 e. The monoisotopic (exact) mass is 251 g/mol. The first-order valence-electron chi connectivity index (χ1n) is 6.12. The maximum absolute atomic E-state index is 6.19. The predicted molar refractivity (Wildman–Crippen MR) is 71.6 cm³/mol. The van der Waals surface area contributed by atoms with E-state index < -0.39 is 0 Å². The van der Waals surface area contributed by atoms with Crippen molar-refractivity contribution in [1.82, 2.24) is 0 Å². The van der Waals surface area contributed by atoms with E-state index in [1.54, 1.807) is 0 Å². The fraction of sp³-hybridized carbons (Fsp3) is 0.429. The molecule has 1 atom stereocenters. The molecule has 0 bridgehead atoms. The Bertz CT molecular complexity index is 403. The Morgan fingerprint density at radius 1 is 1.41 bits per heavy atom. The second kappa shape index (κ2) is 6.08. The maximum atomic E-state index is 6.19. The summed E-state index contributed by atoms with van der Waals surface area (Å²) in [6.45, 7) is 0.608. The van der Waals surface area contributed by atoms with Crippen LogP contribution in [0.5, 0.6) is 5.75 Å². The summed E-state index contributed by atoms with van der Waals surface area (Å²) < 4.78 is 6.00. The van der Waals surface area contributed by atoms with Crippen molar-refractivity contribution in [1.29, 1.82) is 0 Å². The van der Waals surface area contributed by atoms with Crippen LogP contribution < -0.4 is 10.5 Å². The number of halogens is 1. The first-order valence-corrected chi connectivity index (χ1v) is 6.50. The summed E-state index contributed by atoms with van der Waals surface area (Å²) in [6, 6.07) is 5.83. The SMILES string of the molecule is NCCc1cccc(Cl)c1OC1C=CCCC1. The first-order chi connectivity index (χ1) is 8.31. The zero-order valence-electron chi connectivity index (χ0n) is 9.86. The molecule has 0 aromatic heterocycles. The van der Waals surface area contributed by atoms with Crippen molar-refractivity contribution in [2.45, 2.75) is 31.8 Å². The van der Waals surface area contributed by atoms with Gasteiger partial charge in [-0.1, -0.05) is 29.8 Å². The lowest BCUT2D eigenvalue weighted by atomic mass is 10.0. The Labute approximate surface area is 107 Å². The third-order valence-electron chi connectivity index (χ3n) is 2.94. The molecule has 1 aliphatic carbocycles. The average Bonchev–Trinajstić information content (AvgIpc) is 2.35. The van der Waals surface area contributed by atoms with E-state index in [-0.39, 0.29) is 6.10 Å². The van der Waals surface area contributed by atoms with E-state index in [1.165, 1.54) is 6.42 Å². The molecule has 1 aliphatic rings. The summed E-state index contributed by atoms with van der Waals surface area (Å²) in [6.07, 6.45) is 8.64. The van der Waals surface area contributed by atoms with Crippen LogP contribution in [0.1, 0.15) is 24.8 Å². The van der Waals surface area contributed by atoms with Gasteiger partial charge in [0, 0.05) is 0 Å². The molecule has 17 heavy (non-hydrogen) atoms. The van der Waals surface area contributed by atoms with Crippen molar-refractivity contribution >= 4 is 11.6 Å². The Morgan fingerprint density at radius 3 is 3.00 bits per heavy atom. The molecule has 0 amide bonds. The van der Waals surface area contributed by atoms with Gasteiger partial charge in [0.05, 0.1) is 5.02 Å². The van der Waals surface area contributed by atoms with Crippen LogP contribution in [0.25, 0.3) is 0 Å². The van der Waals surface area contributed by atoms with Crippen LogP contribution >= 0.6 is 11.6 Å². The molecule has 2 N–H and O–H groups in total. The Kier molecular flexibility index (Phi) is 4.46. The number of rotatable bonds is 4. The molecule has 2 nitrogen and oxygen atoms in total. The van der Waals surface area contributed by atoms with Gasteiger partial charge in [0.2, 0.25) is 0 Å². The molecule has 0 fully saturated rings. The van der Waals surface area contributed by atoms with E-state index in [4.69, 9.17) is 22.1 Å². The quantitative estimate of drug-likeness (QED) is 0.834. The van der Waals surface area contributed by atoms with Gasteiger partial charge >= 0.3 is 0 Å². The van der Waals surface area contributed by atoms with Gasteiger partial charge in [-0.3, -0.25) is 0 Å². The minimum Gasteiger partial charge on any atom is -0.485 e. The van der Waals surface area contributed by atoms with Gasteiger partial charge in [-0.2, -0.15) is 0 Å². The molecule has 1 unspecified atom stereocenters. The number of benzene rings is 1. The van der Waals surface area contributed by atoms with E-state index in [1.807, 2.05) is 18.2 Å². The van der Waals surface area contributed by atoms with Crippen LogP contribution in [-0.2, 0) is 6.42 Å². The Balaban J connectivity index is 2.17. The van der Waals surface area contributed by atoms with Crippen LogP contribution in [0.4, 0.5) is 0 Å². The van der Waals surface area contributed by atoms with Crippen molar-refractivity contribution in [2.24, 2.45) is 5.73 Å². The number of ether oxygens (including phenoxy) is 1. The van der Waals surface area contributed by atoms with E-state index in [0.29, 0.717) is 11.6 Å². The molecular formula is C14H18ClNO. The zero-order chi connectivity index (χ0) is 12.1. The molecule has 3 heteroatoms. The van der Waals surface area contributed by atoms with Crippen molar-refractivity contribution in [3.05, 3.63) is 40.9 Å². The molecule has 0 heterocycles. The number of nitrogens with two attached hydrogens (primary N) is 1. The van der Waals surface area contributed by atoms with E-state index in [9.17, 15) is 0 Å². The molecule has 0 saturated heterocycles. The number of allylic oxidation sites excluding steroid dienone is 1. The van der Waals surface area contributed by atoms with Crippen molar-refractivity contribution < 1.29 is 4.74 Å². The van der Waals surface area contributed by atoms with Gasteiger partial charge in [-0.25, -0.2) is 0 Å². The molecule has 1 aromatic carbocycles. The molecule has 1 aromatic rings. The number of hydrogen-bond acceptors (Lipinski definition) is 2. The highest BCUT2D eigenvalue weighted by Crippen LogP contribution is 2.31. The Morgan fingerprint density at radius 2 is 2.29 bits per heavy atom. The summed E-state index contributed by atoms with van der Waals surface area (Å²) in [4.78, 5) is 0. The van der Waals surface area contributed by atoms with Crippen LogP contribution in [0.2, 0.25) is 5.02 Å². The topological polar surface area (TPSA) is 35.2 Å². The molecule has 92 valence electrons. The largest absolute Gasteiger partial charge is 0.485 e. The van der Waals surface area contributed by atoms with Gasteiger partial charge in [0.25, 0.3) is 0 Å². The Hall–Kier alpha value is -0.990. The van der Waals surface area contributed by atoms with Crippen LogP contribution in [0.3, 0.4) is 0 Å². The molecule has 2 rings (SSSR count). The summed E-state index contributed by atoms with van der Waals surface area (Å²) in [5.74, 6) is 0.802. The van der Waals surface area contributed by atoms with Crippen molar-refractivity contribution in [2.75, 3.05) is 6.54 Å². The second-order valence-electron chi connectivity index (χ2n) is 4.28. The molecule has 0 radical (unpaired) electrons. The summed E-state index contributed by atoms with van der Waals surface area (Å²) in [7, 11) is 0. The fourth-order valence-electron chi connectivity index (χ4n) is 2.07. The zero-order valence-corrected chi connectivity index (χ0v) is 10.6. The predicted octanol–water partition coefficient (Wildman–Crippen LogP) is 3.33.